The van der Waals surface area contributed by atoms with Crippen molar-refractivity contribution in [2.45, 2.75) is 18.5 Å². The predicted octanol–water partition coefficient (Wildman–Crippen LogP) is 0.0582. The molecule has 0 aromatic heterocycles. The maximum absolute atomic E-state index is 12.5. The molecule has 3 fully saturated rings. The molecule has 11 heteroatoms. The van der Waals surface area contributed by atoms with Crippen molar-refractivity contribution in [2.24, 2.45) is 0 Å². The van der Waals surface area contributed by atoms with Gasteiger partial charge in [0.1, 0.15) is 6.04 Å². The topological polar surface area (TPSA) is 114 Å². The quantitative estimate of drug-likeness (QED) is 0.536. The van der Waals surface area contributed by atoms with Crippen LogP contribution in [0.2, 0.25) is 0 Å². The van der Waals surface area contributed by atoms with E-state index in [1.807, 2.05) is 24.3 Å². The lowest BCUT2D eigenvalue weighted by Gasteiger charge is -2.42. The minimum absolute atomic E-state index is 0.248. The molecule has 2 N–H and O–H groups in total. The largest absolute Gasteiger partial charge is 0.369 e. The summed E-state index contributed by atoms with van der Waals surface area (Å²) in [4.78, 5) is 30.5. The molecule has 0 radical (unpaired) electrons. The van der Waals surface area contributed by atoms with Gasteiger partial charge in [0, 0.05) is 44.1 Å². The lowest BCUT2D eigenvalue weighted by Crippen LogP contribution is -2.68. The summed E-state index contributed by atoms with van der Waals surface area (Å²) in [5.41, 5.74) is 1.69. The van der Waals surface area contributed by atoms with Crippen molar-refractivity contribution < 1.29 is 22.6 Å². The van der Waals surface area contributed by atoms with Gasteiger partial charge < -0.3 is 20.0 Å². The van der Waals surface area contributed by atoms with E-state index >= 15 is 0 Å². The Labute approximate surface area is 163 Å². The number of carbonyl (C=O) groups excluding carboxylic acids is 2. The highest BCUT2D eigenvalue weighted by Crippen LogP contribution is 2.35. The van der Waals surface area contributed by atoms with Crippen LogP contribution in [0.4, 0.5) is 16.2 Å². The van der Waals surface area contributed by atoms with Gasteiger partial charge in [-0.3, -0.25) is 9.35 Å². The Kier molecular flexibility index (Phi) is 4.68. The van der Waals surface area contributed by atoms with Crippen molar-refractivity contribution in [1.82, 2.24) is 14.1 Å². The normalized spacial score (nSPS) is 25.5. The smallest absolute Gasteiger partial charge is 0.362 e. The first kappa shape index (κ1) is 19.0. The summed E-state index contributed by atoms with van der Waals surface area (Å²) < 4.78 is 32.1. The molecule has 0 saturated carbocycles. The number of β-lactam (4-membered cyclic amide) rings is 1. The number of amides is 3. The molecule has 3 aliphatic rings. The van der Waals surface area contributed by atoms with Gasteiger partial charge in [-0.25, -0.2) is 9.10 Å². The van der Waals surface area contributed by atoms with Crippen LogP contribution in [0.15, 0.2) is 24.3 Å². The van der Waals surface area contributed by atoms with E-state index in [0.717, 1.165) is 31.9 Å². The summed E-state index contributed by atoms with van der Waals surface area (Å²) in [6, 6.07) is 5.53. The van der Waals surface area contributed by atoms with Crippen molar-refractivity contribution >= 4 is 33.6 Å². The summed E-state index contributed by atoms with van der Waals surface area (Å²) in [7, 11) is -2.48. The van der Waals surface area contributed by atoms with Crippen LogP contribution >= 0.6 is 0 Å². The number of nitrogens with zero attached hydrogens (tertiary/aromatic N) is 4. The van der Waals surface area contributed by atoms with E-state index in [4.69, 9.17) is 4.55 Å². The van der Waals surface area contributed by atoms with Gasteiger partial charge in [0.15, 0.2) is 0 Å². The van der Waals surface area contributed by atoms with Gasteiger partial charge in [-0.05, 0) is 37.7 Å². The fourth-order valence-electron chi connectivity index (χ4n) is 4.06. The summed E-state index contributed by atoms with van der Waals surface area (Å²) in [6.07, 6.45) is 0.311. The molecule has 0 spiro atoms. The standard InChI is InChI=1S/C17H23N5O5S/c1-19-8-10-20(11-9-19)13-4-2-12(3-5-13)18-17(24)21-7-6-14-15(21)16(23)22(14)28(25,26)27/h2-5,14-15H,6-11H2,1H3,(H,18,24)(H,25,26,27)/t14-,15+/m1/s1. The van der Waals surface area contributed by atoms with Crippen molar-refractivity contribution in [3.05, 3.63) is 24.3 Å². The van der Waals surface area contributed by atoms with Crippen LogP contribution < -0.4 is 10.2 Å². The van der Waals surface area contributed by atoms with E-state index in [0.29, 0.717) is 16.4 Å². The summed E-state index contributed by atoms with van der Waals surface area (Å²) in [5.74, 6) is -0.773. The van der Waals surface area contributed by atoms with Crippen molar-refractivity contribution in [3.8, 4) is 0 Å². The third-order valence-electron chi connectivity index (χ3n) is 5.63. The van der Waals surface area contributed by atoms with Crippen LogP contribution in [-0.2, 0) is 15.1 Å². The Balaban J connectivity index is 1.38. The molecule has 4 rings (SSSR count). The van der Waals surface area contributed by atoms with Crippen molar-refractivity contribution in [3.63, 3.8) is 0 Å². The number of hydrogen-bond acceptors (Lipinski definition) is 6. The Morgan fingerprint density at radius 3 is 2.36 bits per heavy atom. The lowest BCUT2D eigenvalue weighted by atomic mass is 10.0. The molecule has 3 saturated heterocycles. The maximum Gasteiger partial charge on any atom is 0.362 e. The van der Waals surface area contributed by atoms with Crippen molar-refractivity contribution in [2.75, 3.05) is 50.0 Å². The van der Waals surface area contributed by atoms with E-state index in [9.17, 15) is 18.0 Å². The van der Waals surface area contributed by atoms with E-state index < -0.39 is 34.3 Å². The molecule has 10 nitrogen and oxygen atoms in total. The van der Waals surface area contributed by atoms with Gasteiger partial charge in [0.2, 0.25) is 0 Å². The predicted molar refractivity (Wildman–Crippen MR) is 102 cm³/mol. The molecule has 1 aromatic carbocycles. The SMILES string of the molecule is CN1CCN(c2ccc(NC(=O)N3CC[C@@H]4[C@H]3C(=O)N4S(=O)(=O)O)cc2)CC1. The van der Waals surface area contributed by atoms with Gasteiger partial charge >= 0.3 is 16.3 Å². The van der Waals surface area contributed by atoms with Gasteiger partial charge in [-0.1, -0.05) is 0 Å². The van der Waals surface area contributed by atoms with E-state index in [-0.39, 0.29) is 6.54 Å². The molecular weight excluding hydrogens is 386 g/mol. The average molecular weight is 409 g/mol. The number of fused-ring (bicyclic) bond motifs is 1. The number of likely N-dealkylation sites (tertiary alicyclic amines) is 1. The third-order valence-corrected chi connectivity index (χ3v) is 6.58. The number of piperazine rings is 1. The maximum atomic E-state index is 12.5. The fraction of sp³-hybridized carbons (Fsp3) is 0.529. The Bertz CT molecular complexity index is 882. The molecule has 0 unspecified atom stereocenters. The zero-order valence-corrected chi connectivity index (χ0v) is 16.3. The summed E-state index contributed by atoms with van der Waals surface area (Å²) in [6.45, 7) is 4.16. The Morgan fingerprint density at radius 1 is 1.11 bits per heavy atom. The number of hydrogen-bond donors (Lipinski definition) is 2. The summed E-state index contributed by atoms with van der Waals surface area (Å²) in [5, 5.41) is 2.76. The molecule has 3 aliphatic heterocycles. The molecule has 152 valence electrons. The molecule has 2 atom stereocenters. The minimum atomic E-state index is -4.58. The first-order chi connectivity index (χ1) is 13.3. The van der Waals surface area contributed by atoms with Crippen LogP contribution in [0, 0.1) is 0 Å². The number of carbonyl (C=O) groups is 2. The highest BCUT2D eigenvalue weighted by atomic mass is 32.2. The second kappa shape index (κ2) is 6.90. The molecule has 3 heterocycles. The van der Waals surface area contributed by atoms with Crippen LogP contribution in [0.1, 0.15) is 6.42 Å². The first-order valence-electron chi connectivity index (χ1n) is 9.17. The zero-order valence-electron chi connectivity index (χ0n) is 15.5. The summed E-state index contributed by atoms with van der Waals surface area (Å²) >= 11 is 0. The zero-order chi connectivity index (χ0) is 20.1. The van der Waals surface area contributed by atoms with Gasteiger partial charge in [0.25, 0.3) is 5.91 Å². The number of likely N-dealkylation sites (N-methyl/N-ethyl adjacent to an activating group) is 1. The minimum Gasteiger partial charge on any atom is -0.369 e. The van der Waals surface area contributed by atoms with Gasteiger partial charge in [0.05, 0.1) is 6.04 Å². The van der Waals surface area contributed by atoms with E-state index in [1.54, 1.807) is 0 Å². The molecule has 0 aliphatic carbocycles. The van der Waals surface area contributed by atoms with Crippen LogP contribution in [0.5, 0.6) is 0 Å². The lowest BCUT2D eigenvalue weighted by molar-refractivity contribution is -0.143. The van der Waals surface area contributed by atoms with Gasteiger partial charge in [-0.15, -0.1) is 0 Å². The van der Waals surface area contributed by atoms with Crippen molar-refractivity contribution in [1.29, 1.82) is 0 Å². The molecule has 0 bridgehead atoms. The second-order valence-corrected chi connectivity index (χ2v) is 8.66. The number of anilines is 2. The molecule has 3 amide bonds. The highest BCUT2D eigenvalue weighted by Gasteiger charge is 2.60. The molecular formula is C17H23N5O5S. The Hall–Kier alpha value is -2.37. The number of rotatable bonds is 3. The van der Waals surface area contributed by atoms with E-state index in [2.05, 4.69) is 22.2 Å². The van der Waals surface area contributed by atoms with Crippen LogP contribution in [0.3, 0.4) is 0 Å². The number of urea groups is 1. The van der Waals surface area contributed by atoms with Crippen LogP contribution in [-0.4, -0.2) is 90.9 Å². The van der Waals surface area contributed by atoms with Crippen LogP contribution in [0.25, 0.3) is 0 Å². The fourth-order valence-corrected chi connectivity index (χ4v) is 4.96. The van der Waals surface area contributed by atoms with Gasteiger partial charge in [-0.2, -0.15) is 8.42 Å². The highest BCUT2D eigenvalue weighted by molar-refractivity contribution is 7.84. The molecule has 28 heavy (non-hydrogen) atoms. The number of nitrogens with one attached hydrogen (secondary N) is 1. The first-order valence-corrected chi connectivity index (χ1v) is 10.6. The molecule has 1 aromatic rings. The Morgan fingerprint density at radius 2 is 1.75 bits per heavy atom. The average Bonchev–Trinajstić information content (AvgIpc) is 3.01. The monoisotopic (exact) mass is 409 g/mol. The second-order valence-electron chi connectivity index (χ2n) is 7.37. The van der Waals surface area contributed by atoms with E-state index in [1.165, 1.54) is 4.90 Å². The third kappa shape index (κ3) is 3.29. The number of benzene rings is 1.